The number of para-hydroxylation sites is 7. The maximum absolute atomic E-state index is 6.73. The SMILES string of the molecule is c1ccc(-c2ccc(N(c3ccc(-c4ccccc4)cc3)c3ccc(-c4ccc(C5(c6ccccc6)c6ccccc6-c6c5ccc5c6Oc6ccccc6O5)cc4)cc3)cc2)cc1.c1ccc(N(c2ccc(-c3ccc(C4(c5ccccc5)c5ccccc5-c5c4ccc4c5Oc5ccccc5O4)cc3)cc2)c2ccc3c4ccccc4n(-c4ccccc4)c3c2)cc1. The zero-order valence-electron chi connectivity index (χ0n) is 70.2. The molecular formula is C122H81N3O4. The topological polar surface area (TPSA) is 48.3 Å². The normalized spacial score (nSPS) is 14.4. The highest BCUT2D eigenvalue weighted by Gasteiger charge is 2.50. The third-order valence-electron chi connectivity index (χ3n) is 26.2. The molecule has 2 aliphatic heterocycles. The minimum Gasteiger partial charge on any atom is -0.449 e. The molecule has 1 aromatic heterocycles. The van der Waals surface area contributed by atoms with Crippen LogP contribution in [0.2, 0.25) is 0 Å². The molecule has 0 saturated carbocycles. The number of hydrogen-bond acceptors (Lipinski definition) is 6. The summed E-state index contributed by atoms with van der Waals surface area (Å²) in [7, 11) is 0. The molecule has 0 radical (unpaired) electrons. The molecule has 0 saturated heterocycles. The van der Waals surface area contributed by atoms with Crippen molar-refractivity contribution in [3.8, 4) is 118 Å². The van der Waals surface area contributed by atoms with Gasteiger partial charge in [-0.05, 0) is 228 Å². The highest BCUT2D eigenvalue weighted by Crippen LogP contribution is 2.65. The summed E-state index contributed by atoms with van der Waals surface area (Å²) in [6.07, 6.45) is 0. The van der Waals surface area contributed by atoms with Crippen LogP contribution in [0.5, 0.6) is 46.0 Å². The van der Waals surface area contributed by atoms with E-state index in [4.69, 9.17) is 18.9 Å². The smallest absolute Gasteiger partial charge is 0.178 e. The van der Waals surface area contributed by atoms with Gasteiger partial charge >= 0.3 is 0 Å². The van der Waals surface area contributed by atoms with Crippen LogP contribution in [0, 0.1) is 0 Å². The second-order valence-corrected chi connectivity index (χ2v) is 33.2. The first-order chi connectivity index (χ1) is 64.0. The molecule has 2 atom stereocenters. The fourth-order valence-corrected chi connectivity index (χ4v) is 20.4. The van der Waals surface area contributed by atoms with Crippen LogP contribution >= 0.6 is 0 Å². The lowest BCUT2D eigenvalue weighted by molar-refractivity contribution is 0.360. The molecule has 7 heteroatoms. The Bertz CT molecular complexity index is 7710. The minimum atomic E-state index is -0.589. The fourth-order valence-electron chi connectivity index (χ4n) is 20.4. The lowest BCUT2D eigenvalue weighted by Crippen LogP contribution is -2.28. The van der Waals surface area contributed by atoms with E-state index >= 15 is 0 Å². The summed E-state index contributed by atoms with van der Waals surface area (Å²) in [6.45, 7) is 0. The number of anilines is 6. The average molecular weight is 1650 g/mol. The summed E-state index contributed by atoms with van der Waals surface area (Å²) in [6, 6.07) is 176. The molecule has 20 aromatic carbocycles. The fraction of sp³-hybridized carbons (Fsp3) is 0.0164. The van der Waals surface area contributed by atoms with Crippen molar-refractivity contribution in [1.29, 1.82) is 0 Å². The molecule has 2 aliphatic carbocycles. The Morgan fingerprint density at radius 3 is 0.899 bits per heavy atom. The molecule has 25 rings (SSSR count). The van der Waals surface area contributed by atoms with Gasteiger partial charge in [-0.2, -0.15) is 0 Å². The van der Waals surface area contributed by atoms with Crippen LogP contribution in [0.4, 0.5) is 34.1 Å². The van der Waals surface area contributed by atoms with Crippen LogP contribution in [-0.4, -0.2) is 4.57 Å². The summed E-state index contributed by atoms with van der Waals surface area (Å²) in [4.78, 5) is 4.69. The highest BCUT2D eigenvalue weighted by atomic mass is 16.6. The monoisotopic (exact) mass is 1650 g/mol. The number of rotatable bonds is 15. The second kappa shape index (κ2) is 31.7. The Kier molecular flexibility index (Phi) is 18.6. The molecule has 21 aromatic rings. The number of ether oxygens (including phenoxy) is 4. The van der Waals surface area contributed by atoms with E-state index in [-0.39, 0.29) is 0 Å². The summed E-state index contributed by atoms with van der Waals surface area (Å²) in [5.74, 6) is 5.85. The van der Waals surface area contributed by atoms with Crippen molar-refractivity contribution in [1.82, 2.24) is 4.57 Å². The van der Waals surface area contributed by atoms with E-state index in [0.717, 1.165) is 130 Å². The van der Waals surface area contributed by atoms with Crippen LogP contribution < -0.4 is 28.7 Å². The molecular weight excluding hydrogens is 1570 g/mol. The van der Waals surface area contributed by atoms with E-state index in [1.807, 2.05) is 48.5 Å². The van der Waals surface area contributed by atoms with Crippen molar-refractivity contribution in [2.24, 2.45) is 0 Å². The number of benzene rings is 20. The van der Waals surface area contributed by atoms with Gasteiger partial charge in [0.05, 0.1) is 21.9 Å². The Morgan fingerprint density at radius 2 is 0.481 bits per heavy atom. The van der Waals surface area contributed by atoms with Crippen molar-refractivity contribution in [2.75, 3.05) is 9.80 Å². The van der Waals surface area contributed by atoms with Gasteiger partial charge in [0.15, 0.2) is 46.0 Å². The molecule has 2 unspecified atom stereocenters. The quantitative estimate of drug-likeness (QED) is 0.102. The minimum absolute atomic E-state index is 0.586. The van der Waals surface area contributed by atoms with Crippen LogP contribution in [0.1, 0.15) is 44.5 Å². The van der Waals surface area contributed by atoms with Crippen molar-refractivity contribution in [3.63, 3.8) is 0 Å². The van der Waals surface area contributed by atoms with Gasteiger partial charge < -0.3 is 33.3 Å². The van der Waals surface area contributed by atoms with Gasteiger partial charge in [0.25, 0.3) is 0 Å². The van der Waals surface area contributed by atoms with E-state index < -0.39 is 10.8 Å². The summed E-state index contributed by atoms with van der Waals surface area (Å²) in [5.41, 5.74) is 32.2. The molecule has 3 heterocycles. The first kappa shape index (κ1) is 75.7. The number of fused-ring (bicyclic) bond motifs is 15. The second-order valence-electron chi connectivity index (χ2n) is 33.2. The molecule has 129 heavy (non-hydrogen) atoms. The summed E-state index contributed by atoms with van der Waals surface area (Å²) < 4.78 is 28.7. The largest absolute Gasteiger partial charge is 0.449 e. The van der Waals surface area contributed by atoms with Crippen LogP contribution in [0.15, 0.2) is 491 Å². The average Bonchev–Trinajstić information content (AvgIpc) is 1.52. The predicted molar refractivity (Wildman–Crippen MR) is 526 cm³/mol. The van der Waals surface area contributed by atoms with Gasteiger partial charge in [0.2, 0.25) is 0 Å². The molecule has 0 fully saturated rings. The van der Waals surface area contributed by atoms with Crippen LogP contribution in [0.3, 0.4) is 0 Å². The zero-order valence-corrected chi connectivity index (χ0v) is 70.2. The number of hydrogen-bond donors (Lipinski definition) is 0. The van der Waals surface area contributed by atoms with Crippen molar-refractivity contribution in [3.05, 3.63) is 536 Å². The van der Waals surface area contributed by atoms with E-state index in [1.54, 1.807) is 0 Å². The lowest BCUT2D eigenvalue weighted by Gasteiger charge is -2.34. The Hall–Kier alpha value is -17.0. The van der Waals surface area contributed by atoms with Crippen molar-refractivity contribution in [2.45, 2.75) is 10.8 Å². The van der Waals surface area contributed by atoms with E-state index in [0.29, 0.717) is 0 Å². The van der Waals surface area contributed by atoms with E-state index in [1.165, 1.54) is 88.6 Å². The third-order valence-corrected chi connectivity index (χ3v) is 26.2. The van der Waals surface area contributed by atoms with Crippen LogP contribution in [-0.2, 0) is 10.8 Å². The third kappa shape index (κ3) is 12.8. The zero-order chi connectivity index (χ0) is 85.4. The Balaban J connectivity index is 0.000000143. The van der Waals surface area contributed by atoms with Gasteiger partial charge in [-0.15, -0.1) is 0 Å². The Labute approximate surface area is 749 Å². The number of nitrogens with zero attached hydrogens (tertiary/aromatic N) is 3. The van der Waals surface area contributed by atoms with Gasteiger partial charge in [0.1, 0.15) is 0 Å². The van der Waals surface area contributed by atoms with Crippen molar-refractivity contribution >= 4 is 55.9 Å². The first-order valence-corrected chi connectivity index (χ1v) is 44.0. The van der Waals surface area contributed by atoms with E-state index in [9.17, 15) is 0 Å². The lowest BCUT2D eigenvalue weighted by atomic mass is 9.67. The summed E-state index contributed by atoms with van der Waals surface area (Å²) in [5, 5.41) is 2.47. The maximum atomic E-state index is 6.73. The maximum Gasteiger partial charge on any atom is 0.178 e. The molecule has 7 nitrogen and oxygen atoms in total. The molecule has 0 spiro atoms. The summed E-state index contributed by atoms with van der Waals surface area (Å²) >= 11 is 0. The molecule has 0 amide bonds. The molecule has 0 N–H and O–H groups in total. The first-order valence-electron chi connectivity index (χ1n) is 44.0. The van der Waals surface area contributed by atoms with E-state index in [2.05, 4.69) is 457 Å². The van der Waals surface area contributed by atoms with Gasteiger partial charge in [-0.1, -0.05) is 364 Å². The standard InChI is InChI=1S/C61H40N2O2.C61H41NO2/c1-4-16-43(17-5-1)61(52-24-12-10-23-51(52)59-53(61)38-39-58-60(59)65-57-27-15-14-26-56(57)64-58)44-32-28-41(29-33-44)42-30-34-47(35-31-42)62(45-18-6-2-7-19-45)48-36-37-50-49-22-11-13-25-54(49)63(55(50)40-48)46-20-8-3-9-21-46;1-4-14-42(15-5-1)45-26-34-50(35-27-45)62(51-36-28-46(29-37-51)43-16-6-2-7-17-43)52-38-30-47(31-39-52)44-24-32-49(33-25-44)61(48-18-8-3-9-19-48)54-21-11-10-20-53(54)59-55(61)40-41-58-60(59)64-57-23-13-12-22-56(57)63-58/h1-40H;1-41H. The molecule has 608 valence electrons. The predicted octanol–water partition coefficient (Wildman–Crippen LogP) is 32.6. The van der Waals surface area contributed by atoms with Crippen molar-refractivity contribution < 1.29 is 18.9 Å². The highest BCUT2D eigenvalue weighted by molar-refractivity contribution is 6.10. The molecule has 0 bridgehead atoms. The molecule has 4 aliphatic rings. The Morgan fingerprint density at radius 1 is 0.186 bits per heavy atom. The number of aromatic nitrogens is 1. The van der Waals surface area contributed by atoms with Crippen LogP contribution in [0.25, 0.3) is 94.3 Å². The van der Waals surface area contributed by atoms with Gasteiger partial charge in [-0.25, -0.2) is 0 Å². The van der Waals surface area contributed by atoms with Gasteiger partial charge in [0, 0.05) is 61.7 Å². The van der Waals surface area contributed by atoms with Gasteiger partial charge in [-0.3, -0.25) is 0 Å².